The summed E-state index contributed by atoms with van der Waals surface area (Å²) in [5, 5.41) is 26.3. The van der Waals surface area contributed by atoms with Gasteiger partial charge in [0.25, 0.3) is 5.91 Å². The molecule has 3 aliphatic heterocycles. The molecule has 5 N–H and O–H groups in total. The molecule has 4 rings (SSSR count). The summed E-state index contributed by atoms with van der Waals surface area (Å²) >= 11 is 0. The number of aliphatic carboxylic acids is 1. The fraction of sp³-hybridized carbons (Fsp3) is 0.455. The average Bonchev–Trinajstić information content (AvgIpc) is 3.35. The van der Waals surface area contributed by atoms with E-state index in [1.165, 1.54) is 38.1 Å². The van der Waals surface area contributed by atoms with E-state index in [4.69, 9.17) is 0 Å². The Labute approximate surface area is 235 Å². The Morgan fingerprint density at radius 2 is 1.76 bits per heavy atom. The second kappa shape index (κ2) is 9.98. The molecule has 3 fully saturated rings. The highest BCUT2D eigenvalue weighted by molar-refractivity contribution is 7.89. The van der Waals surface area contributed by atoms with Crippen LogP contribution in [0.3, 0.4) is 0 Å². The van der Waals surface area contributed by atoms with Gasteiger partial charge in [-0.15, -0.1) is 0 Å². The zero-order valence-corrected chi connectivity index (χ0v) is 23.4. The summed E-state index contributed by atoms with van der Waals surface area (Å²) in [5.74, 6) is -3.73. The topological polar surface area (TPSA) is 240 Å². The maximum Gasteiger partial charge on any atom is 0.341 e. The number of fused-ring (bicyclic) bond motifs is 1. The molecule has 5 atom stereocenters. The minimum absolute atomic E-state index is 0.0533. The molecule has 0 saturated carbocycles. The van der Waals surface area contributed by atoms with E-state index in [0.717, 1.165) is 11.2 Å². The molecular formula is C22H26N6O11S2. The van der Waals surface area contributed by atoms with Gasteiger partial charge in [0.2, 0.25) is 27.3 Å². The number of carboxylic acid groups (broad SMARTS) is 1. The average molecular weight is 615 g/mol. The number of phenols is 1. The molecular weight excluding hydrogens is 588 g/mol. The number of nitrogens with one attached hydrogen (secondary N) is 3. The molecule has 1 aromatic carbocycles. The molecule has 17 nitrogen and oxygen atoms in total. The van der Waals surface area contributed by atoms with Gasteiger partial charge < -0.3 is 26.2 Å². The van der Waals surface area contributed by atoms with Crippen molar-refractivity contribution in [3.8, 4) is 5.75 Å². The van der Waals surface area contributed by atoms with Crippen molar-refractivity contribution in [2.24, 2.45) is 0 Å². The van der Waals surface area contributed by atoms with Crippen LogP contribution >= 0.6 is 0 Å². The smallest absolute Gasteiger partial charge is 0.341 e. The highest BCUT2D eigenvalue weighted by Gasteiger charge is 2.78. The van der Waals surface area contributed by atoms with Gasteiger partial charge in [0.15, 0.2) is 6.04 Å². The second-order valence-electron chi connectivity index (χ2n) is 9.96. The normalized spacial score (nSPS) is 27.5. The first-order valence-electron chi connectivity index (χ1n) is 11.9. The SMILES string of the molecule is CC1(C)[C@H](C(=O)O)N2C(=O)[C@@H](NC(=O)C(NC(=O)N3CCN(S(C)(=O)=O)C3=O)c3ccc(O)cc3)C2(NC=O)S1=O. The van der Waals surface area contributed by atoms with Gasteiger partial charge in [0, 0.05) is 0 Å². The van der Waals surface area contributed by atoms with Crippen LogP contribution in [0.15, 0.2) is 24.3 Å². The quantitative estimate of drug-likeness (QED) is 0.152. The molecule has 3 saturated heterocycles. The molecule has 0 aromatic heterocycles. The molecule has 41 heavy (non-hydrogen) atoms. The number of carbonyl (C=O) groups excluding carboxylic acids is 5. The monoisotopic (exact) mass is 614 g/mol. The van der Waals surface area contributed by atoms with Crippen molar-refractivity contribution in [3.05, 3.63) is 29.8 Å². The Balaban J connectivity index is 1.65. The summed E-state index contributed by atoms with van der Waals surface area (Å²) in [6, 6.07) is -2.42. The molecule has 0 bridgehead atoms. The van der Waals surface area contributed by atoms with Crippen LogP contribution in [-0.2, 0) is 40.0 Å². The van der Waals surface area contributed by atoms with Crippen molar-refractivity contribution in [1.29, 1.82) is 0 Å². The van der Waals surface area contributed by atoms with Crippen LogP contribution in [0.2, 0.25) is 0 Å². The predicted octanol–water partition coefficient (Wildman–Crippen LogP) is -2.44. The van der Waals surface area contributed by atoms with Gasteiger partial charge >= 0.3 is 18.0 Å². The van der Waals surface area contributed by atoms with E-state index in [-0.39, 0.29) is 30.8 Å². The highest BCUT2D eigenvalue weighted by Crippen LogP contribution is 2.49. The van der Waals surface area contributed by atoms with E-state index in [1.807, 2.05) is 0 Å². The third-order valence-electron chi connectivity index (χ3n) is 7.07. The van der Waals surface area contributed by atoms with Crippen LogP contribution < -0.4 is 16.0 Å². The Bertz CT molecular complexity index is 1480. The molecule has 3 aliphatic rings. The van der Waals surface area contributed by atoms with E-state index in [1.54, 1.807) is 0 Å². The summed E-state index contributed by atoms with van der Waals surface area (Å²) in [4.78, 5) is 74.9. The number of aromatic hydroxyl groups is 1. The first-order chi connectivity index (χ1) is 19.0. The number of phenolic OH excluding ortho intramolecular Hbond substituents is 1. The van der Waals surface area contributed by atoms with Crippen molar-refractivity contribution >= 4 is 57.1 Å². The standard InChI is InChI=1S/C22H26N6O11S2/c1-21(2)15(18(33)34)28-17(32)14(22(28,23-10-29)40(21)37)25-16(31)13(11-4-6-12(30)7-5-11)24-19(35)26-8-9-27(20(26)36)41(3,38)39/h4-7,10,13-15,30H,8-9H2,1-3H3,(H,23,29)(H,24,35)(H,25,31)(H,33,34)/t13?,14-,15+,22?,40?/m1/s1. The van der Waals surface area contributed by atoms with Crippen molar-refractivity contribution in [2.75, 3.05) is 19.3 Å². The number of hydrogen-bond acceptors (Lipinski definition) is 10. The maximum atomic E-state index is 13.6. The maximum absolute atomic E-state index is 13.6. The van der Waals surface area contributed by atoms with Crippen molar-refractivity contribution in [3.63, 3.8) is 0 Å². The minimum Gasteiger partial charge on any atom is -0.508 e. The lowest BCUT2D eigenvalue weighted by Crippen LogP contribution is -2.84. The van der Waals surface area contributed by atoms with E-state index >= 15 is 0 Å². The Morgan fingerprint density at radius 3 is 2.27 bits per heavy atom. The molecule has 3 heterocycles. The number of nitrogens with zero attached hydrogens (tertiary/aromatic N) is 3. The number of carbonyl (C=O) groups is 6. The lowest BCUT2D eigenvalue weighted by Gasteiger charge is -2.52. The van der Waals surface area contributed by atoms with E-state index in [0.29, 0.717) is 9.21 Å². The van der Waals surface area contributed by atoms with Gasteiger partial charge in [0.05, 0.1) is 34.9 Å². The molecule has 0 spiro atoms. The number of imide groups is 1. The van der Waals surface area contributed by atoms with Crippen LogP contribution in [-0.4, -0.2) is 114 Å². The number of hydrogen-bond donors (Lipinski definition) is 5. The first kappa shape index (κ1) is 29.7. The summed E-state index contributed by atoms with van der Waals surface area (Å²) in [6.07, 6.45) is 0.896. The number of urea groups is 2. The molecule has 222 valence electrons. The van der Waals surface area contributed by atoms with Gasteiger partial charge in [0.1, 0.15) is 17.8 Å². The number of carboxylic acids is 1. The van der Waals surface area contributed by atoms with Crippen LogP contribution in [0, 0.1) is 0 Å². The van der Waals surface area contributed by atoms with E-state index in [2.05, 4.69) is 16.0 Å². The van der Waals surface area contributed by atoms with Gasteiger partial charge in [-0.1, -0.05) is 12.1 Å². The summed E-state index contributed by atoms with van der Waals surface area (Å²) in [5.41, 5.74) is 0.0533. The fourth-order valence-corrected chi connectivity index (χ4v) is 8.05. The Morgan fingerprint density at radius 1 is 1.15 bits per heavy atom. The molecule has 1 aromatic rings. The fourth-order valence-electron chi connectivity index (χ4n) is 5.14. The van der Waals surface area contributed by atoms with Crippen LogP contribution in [0.4, 0.5) is 9.59 Å². The van der Waals surface area contributed by atoms with Gasteiger partial charge in [-0.2, -0.15) is 0 Å². The second-order valence-corrected chi connectivity index (χ2v) is 14.1. The largest absolute Gasteiger partial charge is 0.508 e. The predicted molar refractivity (Wildman–Crippen MR) is 137 cm³/mol. The molecule has 7 amide bonds. The minimum atomic E-state index is -3.98. The third-order valence-corrected chi connectivity index (χ3v) is 10.5. The number of benzene rings is 1. The Kier molecular flexibility index (Phi) is 7.23. The summed E-state index contributed by atoms with van der Waals surface area (Å²) in [7, 11) is -6.23. The summed E-state index contributed by atoms with van der Waals surface area (Å²) < 4.78 is 36.1. The van der Waals surface area contributed by atoms with E-state index < -0.39 is 78.5 Å². The highest BCUT2D eigenvalue weighted by atomic mass is 32.2. The first-order valence-corrected chi connectivity index (χ1v) is 14.9. The molecule has 19 heteroatoms. The van der Waals surface area contributed by atoms with Crippen molar-refractivity contribution in [2.45, 2.75) is 41.7 Å². The lowest BCUT2D eigenvalue weighted by atomic mass is 9.92. The zero-order valence-electron chi connectivity index (χ0n) is 21.8. The van der Waals surface area contributed by atoms with E-state index in [9.17, 15) is 51.6 Å². The molecule has 3 unspecified atom stereocenters. The number of rotatable bonds is 8. The van der Waals surface area contributed by atoms with Crippen LogP contribution in [0.25, 0.3) is 0 Å². The zero-order chi connectivity index (χ0) is 30.7. The van der Waals surface area contributed by atoms with Crippen molar-refractivity contribution < 1.29 is 51.6 Å². The van der Waals surface area contributed by atoms with Crippen LogP contribution in [0.1, 0.15) is 25.5 Å². The number of β-lactam (4-membered cyclic amide) rings is 1. The van der Waals surface area contributed by atoms with Gasteiger partial charge in [-0.25, -0.2) is 32.0 Å². The van der Waals surface area contributed by atoms with Gasteiger partial charge in [-0.3, -0.25) is 23.5 Å². The van der Waals surface area contributed by atoms with Gasteiger partial charge in [-0.05, 0) is 31.5 Å². The van der Waals surface area contributed by atoms with Crippen molar-refractivity contribution in [1.82, 2.24) is 30.1 Å². The number of amides is 7. The number of sulfonamides is 1. The third kappa shape index (κ3) is 4.53. The Hall–Kier alpha value is -4.26. The lowest BCUT2D eigenvalue weighted by molar-refractivity contribution is -0.171. The molecule has 0 aliphatic carbocycles. The molecule has 0 radical (unpaired) electrons. The van der Waals surface area contributed by atoms with Crippen LogP contribution in [0.5, 0.6) is 5.75 Å². The summed E-state index contributed by atoms with van der Waals surface area (Å²) in [6.45, 7) is 2.01.